The molecule has 3 rings (SSSR count). The van der Waals surface area contributed by atoms with Crippen LogP contribution in [0.5, 0.6) is 5.75 Å². The molecule has 0 radical (unpaired) electrons. The van der Waals surface area contributed by atoms with Crippen molar-refractivity contribution in [3.05, 3.63) is 64.2 Å². The van der Waals surface area contributed by atoms with Crippen molar-refractivity contribution in [2.75, 3.05) is 19.0 Å². The number of nitrogens with zero attached hydrogens (tertiary/aromatic N) is 1. The zero-order chi connectivity index (χ0) is 18.9. The first-order valence-electron chi connectivity index (χ1n) is 7.76. The molecule has 0 fully saturated rings. The number of benzene rings is 2. The molecule has 138 valence electrons. The number of carbonyl (C=O) groups excluding carboxylic acids is 1. The maximum absolute atomic E-state index is 13.2. The van der Waals surface area contributed by atoms with Crippen LogP contribution in [-0.2, 0) is 11.0 Å². The van der Waals surface area contributed by atoms with Gasteiger partial charge >= 0.3 is 6.18 Å². The lowest BCUT2D eigenvalue weighted by molar-refractivity contribution is -0.137. The van der Waals surface area contributed by atoms with Gasteiger partial charge in [0.1, 0.15) is 18.2 Å². The van der Waals surface area contributed by atoms with Gasteiger partial charge in [-0.1, -0.05) is 23.7 Å². The molecule has 0 aromatic heterocycles. The van der Waals surface area contributed by atoms with Gasteiger partial charge in [0.05, 0.1) is 18.2 Å². The largest absolute Gasteiger partial charge is 0.491 e. The molecule has 1 aliphatic rings. The second kappa shape index (κ2) is 7.37. The van der Waals surface area contributed by atoms with E-state index in [9.17, 15) is 18.0 Å². The van der Waals surface area contributed by atoms with Crippen molar-refractivity contribution in [1.82, 2.24) is 4.90 Å². The van der Waals surface area contributed by atoms with E-state index >= 15 is 0 Å². The summed E-state index contributed by atoms with van der Waals surface area (Å²) in [6, 6.07) is 9.13. The first-order valence-corrected chi connectivity index (χ1v) is 8.67. The van der Waals surface area contributed by atoms with E-state index in [0.717, 1.165) is 12.1 Å². The number of alkyl halides is 4. The van der Waals surface area contributed by atoms with E-state index in [2.05, 4.69) is 0 Å². The average molecular weight is 404 g/mol. The molecular formula is C18H14Cl2F3NO2. The zero-order valence-electron chi connectivity index (χ0n) is 13.4. The number of fused-ring (bicyclic) bond motifs is 1. The molecule has 1 heterocycles. The maximum Gasteiger partial charge on any atom is 0.416 e. The highest BCUT2D eigenvalue weighted by Crippen LogP contribution is 2.40. The normalized spacial score (nSPS) is 17.3. The Kier molecular flexibility index (Phi) is 5.34. The first-order chi connectivity index (χ1) is 12.3. The van der Waals surface area contributed by atoms with Gasteiger partial charge in [-0.3, -0.25) is 4.79 Å². The number of halogens is 5. The van der Waals surface area contributed by atoms with Crippen LogP contribution in [-0.4, -0.2) is 29.8 Å². The molecule has 0 bridgehead atoms. The first kappa shape index (κ1) is 18.9. The Morgan fingerprint density at radius 1 is 1.19 bits per heavy atom. The van der Waals surface area contributed by atoms with Crippen molar-refractivity contribution >= 4 is 29.1 Å². The second-order valence-corrected chi connectivity index (χ2v) is 6.48. The molecular weight excluding hydrogens is 390 g/mol. The third-order valence-electron chi connectivity index (χ3n) is 4.15. The molecule has 0 saturated carbocycles. The quantitative estimate of drug-likeness (QED) is 0.666. The van der Waals surface area contributed by atoms with Gasteiger partial charge in [0.15, 0.2) is 0 Å². The SMILES string of the molecule is O=C(CCl)N1CCOc2ccc(C(F)(F)F)cc2C1c1ccc(Cl)cc1. The molecule has 1 unspecified atom stereocenters. The topological polar surface area (TPSA) is 29.5 Å². The monoisotopic (exact) mass is 403 g/mol. The van der Waals surface area contributed by atoms with Gasteiger partial charge < -0.3 is 9.64 Å². The van der Waals surface area contributed by atoms with Crippen LogP contribution >= 0.6 is 23.2 Å². The van der Waals surface area contributed by atoms with E-state index < -0.39 is 17.8 Å². The Bertz CT molecular complexity index is 809. The fraction of sp³-hybridized carbons (Fsp3) is 0.278. The summed E-state index contributed by atoms with van der Waals surface area (Å²) >= 11 is 11.6. The van der Waals surface area contributed by atoms with Gasteiger partial charge in [-0.2, -0.15) is 13.2 Å². The summed E-state index contributed by atoms with van der Waals surface area (Å²) in [5.41, 5.74) is 0.0797. The minimum Gasteiger partial charge on any atom is -0.491 e. The number of ether oxygens (including phenoxy) is 1. The molecule has 2 aromatic rings. The number of carbonyl (C=O) groups is 1. The van der Waals surface area contributed by atoms with Gasteiger partial charge in [0, 0.05) is 10.6 Å². The van der Waals surface area contributed by atoms with Crippen molar-refractivity contribution in [3.63, 3.8) is 0 Å². The van der Waals surface area contributed by atoms with E-state index in [4.69, 9.17) is 27.9 Å². The highest BCUT2D eigenvalue weighted by Gasteiger charge is 2.36. The summed E-state index contributed by atoms with van der Waals surface area (Å²) in [4.78, 5) is 13.8. The average Bonchev–Trinajstić information content (AvgIpc) is 2.80. The molecule has 1 aliphatic heterocycles. The van der Waals surface area contributed by atoms with Crippen LogP contribution < -0.4 is 4.74 Å². The summed E-state index contributed by atoms with van der Waals surface area (Å²) in [6.45, 7) is 0.361. The van der Waals surface area contributed by atoms with E-state index in [-0.39, 0.29) is 30.5 Å². The van der Waals surface area contributed by atoms with Crippen LogP contribution in [0.2, 0.25) is 5.02 Å². The van der Waals surface area contributed by atoms with Crippen molar-refractivity contribution in [2.45, 2.75) is 12.2 Å². The van der Waals surface area contributed by atoms with Gasteiger partial charge in [0.2, 0.25) is 5.91 Å². The highest BCUT2D eigenvalue weighted by atomic mass is 35.5. The second-order valence-electron chi connectivity index (χ2n) is 5.77. The molecule has 0 N–H and O–H groups in total. The van der Waals surface area contributed by atoms with Crippen LogP contribution in [0.25, 0.3) is 0 Å². The van der Waals surface area contributed by atoms with E-state index in [1.807, 2.05) is 0 Å². The minimum absolute atomic E-state index is 0.158. The van der Waals surface area contributed by atoms with Crippen LogP contribution in [0.4, 0.5) is 13.2 Å². The standard InChI is InChI=1S/C18H14Cl2F3NO2/c19-10-16(25)24-7-8-26-15-6-3-12(18(21,22)23)9-14(15)17(24)11-1-4-13(20)5-2-11/h1-6,9,17H,7-8,10H2. The Labute approximate surface area is 158 Å². The Balaban J connectivity index is 2.19. The number of rotatable bonds is 2. The van der Waals surface area contributed by atoms with Gasteiger partial charge in [-0.25, -0.2) is 0 Å². The summed E-state index contributed by atoms with van der Waals surface area (Å²) < 4.78 is 45.2. The third-order valence-corrected chi connectivity index (χ3v) is 4.63. The molecule has 8 heteroatoms. The predicted molar refractivity (Wildman–Crippen MR) is 92.7 cm³/mol. The smallest absolute Gasteiger partial charge is 0.416 e. The molecule has 1 amide bonds. The van der Waals surface area contributed by atoms with Crippen molar-refractivity contribution in [1.29, 1.82) is 0 Å². The van der Waals surface area contributed by atoms with E-state index in [1.54, 1.807) is 24.3 Å². The fourth-order valence-electron chi connectivity index (χ4n) is 2.97. The van der Waals surface area contributed by atoms with Gasteiger partial charge in [-0.05, 0) is 35.9 Å². The lowest BCUT2D eigenvalue weighted by atomic mass is 9.94. The molecule has 0 saturated heterocycles. The third kappa shape index (κ3) is 3.76. The van der Waals surface area contributed by atoms with E-state index in [1.165, 1.54) is 11.0 Å². The number of hydrogen-bond acceptors (Lipinski definition) is 2. The van der Waals surface area contributed by atoms with Crippen LogP contribution in [0.3, 0.4) is 0 Å². The molecule has 0 spiro atoms. The van der Waals surface area contributed by atoms with Crippen molar-refractivity contribution in [2.24, 2.45) is 0 Å². The summed E-state index contributed by atoms with van der Waals surface area (Å²) in [5, 5.41) is 0.484. The van der Waals surface area contributed by atoms with Crippen LogP contribution in [0, 0.1) is 0 Å². The Hall–Kier alpha value is -1.92. The molecule has 2 aromatic carbocycles. The molecule has 3 nitrogen and oxygen atoms in total. The minimum atomic E-state index is -4.51. The Morgan fingerprint density at radius 3 is 2.50 bits per heavy atom. The lowest BCUT2D eigenvalue weighted by Crippen LogP contribution is -2.37. The van der Waals surface area contributed by atoms with Crippen molar-refractivity contribution < 1.29 is 22.7 Å². The van der Waals surface area contributed by atoms with Crippen molar-refractivity contribution in [3.8, 4) is 5.75 Å². The van der Waals surface area contributed by atoms with Gasteiger partial charge in [0.25, 0.3) is 0 Å². The van der Waals surface area contributed by atoms with Crippen LogP contribution in [0.15, 0.2) is 42.5 Å². The molecule has 26 heavy (non-hydrogen) atoms. The highest BCUT2D eigenvalue weighted by molar-refractivity contribution is 6.30. The summed E-state index contributed by atoms with van der Waals surface area (Å²) in [7, 11) is 0. The van der Waals surface area contributed by atoms with E-state index in [0.29, 0.717) is 16.3 Å². The maximum atomic E-state index is 13.2. The van der Waals surface area contributed by atoms with Gasteiger partial charge in [-0.15, -0.1) is 11.6 Å². The lowest BCUT2D eigenvalue weighted by Gasteiger charge is -2.30. The Morgan fingerprint density at radius 2 is 1.88 bits per heavy atom. The molecule has 0 aliphatic carbocycles. The predicted octanol–water partition coefficient (Wildman–Crippen LogP) is 4.91. The molecule has 1 atom stereocenters. The fourth-order valence-corrected chi connectivity index (χ4v) is 3.25. The van der Waals surface area contributed by atoms with Crippen LogP contribution in [0.1, 0.15) is 22.7 Å². The zero-order valence-corrected chi connectivity index (χ0v) is 14.9. The summed E-state index contributed by atoms with van der Waals surface area (Å²) in [6.07, 6.45) is -4.51. The number of amides is 1. The summed E-state index contributed by atoms with van der Waals surface area (Å²) in [5.74, 6) is -0.360. The number of hydrogen-bond donors (Lipinski definition) is 0.